The van der Waals surface area contributed by atoms with E-state index >= 15 is 0 Å². The summed E-state index contributed by atoms with van der Waals surface area (Å²) >= 11 is 0. The van der Waals surface area contributed by atoms with Crippen LogP contribution >= 0.6 is 0 Å². The van der Waals surface area contributed by atoms with Gasteiger partial charge in [-0.3, -0.25) is 4.79 Å². The molecule has 3 rings (SSSR count). The first kappa shape index (κ1) is 13.9. The highest BCUT2D eigenvalue weighted by atomic mass is 16.3. The van der Waals surface area contributed by atoms with E-state index in [9.17, 15) is 9.90 Å². The lowest BCUT2D eigenvalue weighted by Gasteiger charge is -2.18. The molecule has 1 aliphatic heterocycles. The van der Waals surface area contributed by atoms with Crippen LogP contribution in [0.5, 0.6) is 5.75 Å². The lowest BCUT2D eigenvalue weighted by atomic mass is 9.99. The Balaban J connectivity index is 1.81. The van der Waals surface area contributed by atoms with E-state index in [1.807, 2.05) is 24.8 Å². The van der Waals surface area contributed by atoms with Gasteiger partial charge in [0.15, 0.2) is 0 Å². The van der Waals surface area contributed by atoms with Crippen molar-refractivity contribution in [3.8, 4) is 5.75 Å². The van der Waals surface area contributed by atoms with Crippen LogP contribution in [0, 0.1) is 0 Å². The first-order valence-corrected chi connectivity index (χ1v) is 7.56. The summed E-state index contributed by atoms with van der Waals surface area (Å²) in [7, 11) is 0. The van der Waals surface area contributed by atoms with Gasteiger partial charge in [-0.2, -0.15) is 0 Å². The molecule has 2 aliphatic rings. The second-order valence-corrected chi connectivity index (χ2v) is 6.16. The minimum absolute atomic E-state index is 0.0553. The molecule has 1 aromatic carbocycles. The van der Waals surface area contributed by atoms with Crippen molar-refractivity contribution in [3.63, 3.8) is 0 Å². The number of carbonyl (C=O) groups excluding carboxylic acids is 1. The summed E-state index contributed by atoms with van der Waals surface area (Å²) in [5.41, 5.74) is 4.20. The molecule has 0 radical (unpaired) electrons. The lowest BCUT2D eigenvalue weighted by molar-refractivity contribution is 0.0796. The second kappa shape index (κ2) is 5.40. The van der Waals surface area contributed by atoms with Crippen molar-refractivity contribution in [2.24, 2.45) is 0 Å². The number of hydrogen-bond donors (Lipinski definition) is 1. The summed E-state index contributed by atoms with van der Waals surface area (Å²) in [6.45, 7) is 5.49. The summed E-state index contributed by atoms with van der Waals surface area (Å²) in [5.74, 6) is 0.522. The van der Waals surface area contributed by atoms with Crippen LogP contribution < -0.4 is 0 Å². The number of aromatic hydroxyl groups is 1. The number of amides is 1. The SMILES string of the molecule is CC(C)c1cc(C(=O)N2CC3=C(CCC=C3)C2)ccc1O. The largest absolute Gasteiger partial charge is 0.508 e. The smallest absolute Gasteiger partial charge is 0.254 e. The molecule has 0 bridgehead atoms. The fourth-order valence-electron chi connectivity index (χ4n) is 3.07. The van der Waals surface area contributed by atoms with Crippen molar-refractivity contribution in [3.05, 3.63) is 52.6 Å². The van der Waals surface area contributed by atoms with Gasteiger partial charge < -0.3 is 10.0 Å². The zero-order valence-corrected chi connectivity index (χ0v) is 12.6. The van der Waals surface area contributed by atoms with E-state index in [1.54, 1.807) is 12.1 Å². The molecule has 3 nitrogen and oxygen atoms in total. The maximum atomic E-state index is 12.7. The molecule has 1 heterocycles. The third kappa shape index (κ3) is 2.60. The Hall–Kier alpha value is -2.03. The zero-order valence-electron chi connectivity index (χ0n) is 12.6. The van der Waals surface area contributed by atoms with Crippen LogP contribution in [0.15, 0.2) is 41.5 Å². The summed E-state index contributed by atoms with van der Waals surface area (Å²) in [5, 5.41) is 9.88. The number of phenols is 1. The van der Waals surface area contributed by atoms with Gasteiger partial charge in [-0.05, 0) is 53.7 Å². The Bertz CT molecular complexity index is 641. The average Bonchev–Trinajstić information content (AvgIpc) is 2.90. The number of allylic oxidation sites excluding steroid dienone is 1. The number of phenolic OH excluding ortho intramolecular Hbond substituents is 1. The van der Waals surface area contributed by atoms with E-state index in [1.165, 1.54) is 11.1 Å². The molecule has 0 atom stereocenters. The van der Waals surface area contributed by atoms with Gasteiger partial charge >= 0.3 is 0 Å². The minimum Gasteiger partial charge on any atom is -0.508 e. The summed E-state index contributed by atoms with van der Waals surface area (Å²) in [4.78, 5) is 14.6. The van der Waals surface area contributed by atoms with E-state index in [0.29, 0.717) is 12.1 Å². The Labute approximate surface area is 125 Å². The molecule has 0 spiro atoms. The summed E-state index contributed by atoms with van der Waals surface area (Å²) in [6, 6.07) is 5.18. The molecule has 0 saturated heterocycles. The van der Waals surface area contributed by atoms with E-state index in [-0.39, 0.29) is 17.6 Å². The zero-order chi connectivity index (χ0) is 15.0. The van der Waals surface area contributed by atoms with Crippen LogP contribution in [0.1, 0.15) is 48.5 Å². The lowest BCUT2D eigenvalue weighted by Crippen LogP contribution is -2.29. The maximum absolute atomic E-state index is 12.7. The first-order chi connectivity index (χ1) is 10.1. The quantitative estimate of drug-likeness (QED) is 0.900. The van der Waals surface area contributed by atoms with E-state index < -0.39 is 0 Å². The second-order valence-electron chi connectivity index (χ2n) is 6.16. The molecule has 1 amide bonds. The van der Waals surface area contributed by atoms with Crippen molar-refractivity contribution in [1.29, 1.82) is 0 Å². The molecular weight excluding hydrogens is 262 g/mol. The van der Waals surface area contributed by atoms with Gasteiger partial charge in [0.1, 0.15) is 5.75 Å². The summed E-state index contributed by atoms with van der Waals surface area (Å²) in [6.07, 6.45) is 6.49. The molecule has 21 heavy (non-hydrogen) atoms. The van der Waals surface area contributed by atoms with Gasteiger partial charge in [0, 0.05) is 18.7 Å². The Morgan fingerprint density at radius 1 is 1.29 bits per heavy atom. The molecule has 0 saturated carbocycles. The van der Waals surface area contributed by atoms with Crippen molar-refractivity contribution in [1.82, 2.24) is 4.90 Å². The number of nitrogens with zero attached hydrogens (tertiary/aromatic N) is 1. The number of benzene rings is 1. The van der Waals surface area contributed by atoms with Crippen LogP contribution in [0.2, 0.25) is 0 Å². The standard InChI is InChI=1S/C18H21NO2/c1-12(2)16-9-13(7-8-17(16)20)18(21)19-10-14-5-3-4-6-15(14)11-19/h3,5,7-9,12,20H,4,6,10-11H2,1-2H3. The molecule has 0 unspecified atom stereocenters. The average molecular weight is 283 g/mol. The topological polar surface area (TPSA) is 40.5 Å². The van der Waals surface area contributed by atoms with Crippen LogP contribution in [0.25, 0.3) is 0 Å². The van der Waals surface area contributed by atoms with Crippen molar-refractivity contribution >= 4 is 5.91 Å². The molecule has 1 aromatic rings. The molecule has 0 aromatic heterocycles. The van der Waals surface area contributed by atoms with Crippen molar-refractivity contribution in [2.75, 3.05) is 13.1 Å². The van der Waals surface area contributed by atoms with Crippen molar-refractivity contribution in [2.45, 2.75) is 32.6 Å². The number of carbonyl (C=O) groups is 1. The van der Waals surface area contributed by atoms with E-state index in [4.69, 9.17) is 0 Å². The summed E-state index contributed by atoms with van der Waals surface area (Å²) < 4.78 is 0. The highest BCUT2D eigenvalue weighted by molar-refractivity contribution is 5.95. The molecular formula is C18H21NO2. The minimum atomic E-state index is 0.0553. The van der Waals surface area contributed by atoms with Gasteiger partial charge in [0.05, 0.1) is 0 Å². The Morgan fingerprint density at radius 3 is 2.81 bits per heavy atom. The monoisotopic (exact) mass is 283 g/mol. The highest BCUT2D eigenvalue weighted by Crippen LogP contribution is 2.30. The van der Waals surface area contributed by atoms with Crippen molar-refractivity contribution < 1.29 is 9.90 Å². The third-order valence-corrected chi connectivity index (χ3v) is 4.31. The molecule has 3 heteroatoms. The Kier molecular flexibility index (Phi) is 3.58. The predicted molar refractivity (Wildman–Crippen MR) is 83.5 cm³/mol. The van der Waals surface area contributed by atoms with Gasteiger partial charge in [0.25, 0.3) is 5.91 Å². The van der Waals surface area contributed by atoms with E-state index in [2.05, 4.69) is 12.2 Å². The van der Waals surface area contributed by atoms with Crippen LogP contribution in [-0.4, -0.2) is 29.0 Å². The fourth-order valence-corrected chi connectivity index (χ4v) is 3.07. The van der Waals surface area contributed by atoms with E-state index in [0.717, 1.165) is 24.9 Å². The van der Waals surface area contributed by atoms with Crippen LogP contribution in [0.4, 0.5) is 0 Å². The van der Waals surface area contributed by atoms with Crippen LogP contribution in [0.3, 0.4) is 0 Å². The van der Waals surface area contributed by atoms with Gasteiger partial charge in [-0.25, -0.2) is 0 Å². The fraction of sp³-hybridized carbons (Fsp3) is 0.389. The van der Waals surface area contributed by atoms with Gasteiger partial charge in [-0.15, -0.1) is 0 Å². The highest BCUT2D eigenvalue weighted by Gasteiger charge is 2.26. The van der Waals surface area contributed by atoms with Crippen LogP contribution in [-0.2, 0) is 0 Å². The van der Waals surface area contributed by atoms with Gasteiger partial charge in [-0.1, -0.05) is 26.0 Å². The Morgan fingerprint density at radius 2 is 2.10 bits per heavy atom. The number of rotatable bonds is 2. The third-order valence-electron chi connectivity index (χ3n) is 4.31. The molecule has 1 N–H and O–H groups in total. The normalized spacial score (nSPS) is 17.6. The van der Waals surface area contributed by atoms with Gasteiger partial charge in [0.2, 0.25) is 0 Å². The number of hydrogen-bond acceptors (Lipinski definition) is 2. The molecule has 1 aliphatic carbocycles. The molecule has 110 valence electrons. The predicted octanol–water partition coefficient (Wildman–Crippen LogP) is 3.62. The maximum Gasteiger partial charge on any atom is 0.254 e. The molecule has 0 fully saturated rings. The first-order valence-electron chi connectivity index (χ1n) is 7.56.